The lowest BCUT2D eigenvalue weighted by molar-refractivity contribution is -0.135. The zero-order chi connectivity index (χ0) is 19.1. The lowest BCUT2D eigenvalue weighted by atomic mass is 10.2. The third kappa shape index (κ3) is 5.09. The van der Waals surface area contributed by atoms with Crippen LogP contribution < -0.4 is 5.32 Å². The number of amides is 3. The Morgan fingerprint density at radius 1 is 1.12 bits per heavy atom. The van der Waals surface area contributed by atoms with Gasteiger partial charge in [0.2, 0.25) is 5.91 Å². The van der Waals surface area contributed by atoms with E-state index in [0.717, 1.165) is 0 Å². The fourth-order valence-corrected chi connectivity index (χ4v) is 2.87. The Hall–Kier alpha value is -2.32. The Morgan fingerprint density at radius 3 is 2.46 bits per heavy atom. The number of ether oxygens (including phenoxy) is 2. The van der Waals surface area contributed by atoms with Crippen LogP contribution in [0.3, 0.4) is 0 Å². The van der Waals surface area contributed by atoms with Gasteiger partial charge in [-0.15, -0.1) is 0 Å². The second-order valence-corrected chi connectivity index (χ2v) is 6.18. The molecule has 2 rings (SSSR count). The normalized spacial score (nSPS) is 14.6. The summed E-state index contributed by atoms with van der Waals surface area (Å²) in [6.45, 7) is 2.01. The molecule has 26 heavy (non-hydrogen) atoms. The molecule has 0 radical (unpaired) electrons. The van der Waals surface area contributed by atoms with Crippen LogP contribution in [-0.2, 0) is 14.3 Å². The third-order valence-corrected chi connectivity index (χ3v) is 4.35. The molecule has 0 aliphatic carbocycles. The number of hydrogen-bond acceptors (Lipinski definition) is 5. The number of anilines is 1. The molecule has 0 atom stereocenters. The molecule has 1 N–H and O–H groups in total. The molecule has 9 heteroatoms. The summed E-state index contributed by atoms with van der Waals surface area (Å²) in [6, 6.07) is 4.22. The van der Waals surface area contributed by atoms with Crippen molar-refractivity contribution >= 4 is 35.2 Å². The van der Waals surface area contributed by atoms with Gasteiger partial charge in [-0.3, -0.25) is 4.79 Å². The van der Waals surface area contributed by atoms with Crippen LogP contribution in [0.4, 0.5) is 10.5 Å². The van der Waals surface area contributed by atoms with E-state index < -0.39 is 5.97 Å². The second-order valence-electron chi connectivity index (χ2n) is 5.77. The van der Waals surface area contributed by atoms with E-state index in [1.807, 2.05) is 0 Å². The van der Waals surface area contributed by atoms with Crippen LogP contribution in [-0.4, -0.2) is 74.7 Å². The fraction of sp³-hybridized carbons (Fsp3) is 0.471. The van der Waals surface area contributed by atoms with Gasteiger partial charge in [0.05, 0.1) is 23.4 Å². The Balaban J connectivity index is 1.97. The molecule has 1 aromatic carbocycles. The number of benzene rings is 1. The van der Waals surface area contributed by atoms with Crippen LogP contribution in [0, 0.1) is 0 Å². The maximum Gasteiger partial charge on any atom is 0.337 e. The number of esters is 1. The van der Waals surface area contributed by atoms with E-state index in [-0.39, 0.29) is 23.6 Å². The minimum Gasteiger partial charge on any atom is -0.465 e. The molecule has 3 amide bonds. The predicted octanol–water partition coefficient (Wildman–Crippen LogP) is 1.84. The number of carbonyl (C=O) groups excluding carboxylic acids is 3. The van der Waals surface area contributed by atoms with E-state index in [9.17, 15) is 14.4 Å². The number of urea groups is 1. The number of rotatable bonds is 4. The monoisotopic (exact) mass is 383 g/mol. The van der Waals surface area contributed by atoms with E-state index in [1.165, 1.54) is 26.4 Å². The van der Waals surface area contributed by atoms with E-state index >= 15 is 0 Å². The summed E-state index contributed by atoms with van der Waals surface area (Å²) in [7, 11) is 2.76. The first-order valence-corrected chi connectivity index (χ1v) is 8.54. The zero-order valence-corrected chi connectivity index (χ0v) is 15.5. The second kappa shape index (κ2) is 9.40. The molecule has 1 saturated heterocycles. The Labute approximate surface area is 157 Å². The Bertz CT molecular complexity index is 682. The quantitative estimate of drug-likeness (QED) is 0.801. The van der Waals surface area contributed by atoms with Gasteiger partial charge >= 0.3 is 12.0 Å². The highest BCUT2D eigenvalue weighted by atomic mass is 35.5. The SMILES string of the molecule is COCC(=O)N1CCCN(C(=O)Nc2ccc(C(=O)OC)cc2Cl)CC1. The van der Waals surface area contributed by atoms with Gasteiger partial charge in [-0.2, -0.15) is 0 Å². The summed E-state index contributed by atoms with van der Waals surface area (Å²) < 4.78 is 9.50. The van der Waals surface area contributed by atoms with Gasteiger partial charge in [0.15, 0.2) is 0 Å². The van der Waals surface area contributed by atoms with Crippen LogP contribution in [0.2, 0.25) is 5.02 Å². The van der Waals surface area contributed by atoms with Crippen molar-refractivity contribution in [2.24, 2.45) is 0 Å². The predicted molar refractivity (Wildman–Crippen MR) is 96.5 cm³/mol. The Morgan fingerprint density at radius 2 is 1.81 bits per heavy atom. The molecule has 0 aromatic heterocycles. The average Bonchev–Trinajstić information content (AvgIpc) is 2.89. The summed E-state index contributed by atoms with van der Waals surface area (Å²) in [5, 5.41) is 2.98. The third-order valence-electron chi connectivity index (χ3n) is 4.04. The van der Waals surface area contributed by atoms with Crippen molar-refractivity contribution in [1.29, 1.82) is 0 Å². The van der Waals surface area contributed by atoms with Crippen molar-refractivity contribution in [2.45, 2.75) is 6.42 Å². The van der Waals surface area contributed by atoms with Gasteiger partial charge in [0.25, 0.3) is 0 Å². The summed E-state index contributed by atoms with van der Waals surface area (Å²) in [6.07, 6.45) is 0.678. The highest BCUT2D eigenvalue weighted by Gasteiger charge is 2.22. The molecule has 8 nitrogen and oxygen atoms in total. The maximum atomic E-state index is 12.5. The van der Waals surface area contributed by atoms with Gasteiger partial charge in [0, 0.05) is 33.3 Å². The van der Waals surface area contributed by atoms with E-state index in [2.05, 4.69) is 10.1 Å². The first kappa shape index (κ1) is 20.0. The molecule has 1 aliphatic heterocycles. The maximum absolute atomic E-state index is 12.5. The molecule has 0 spiro atoms. The molecule has 142 valence electrons. The number of nitrogens with one attached hydrogen (secondary N) is 1. The summed E-state index contributed by atoms with van der Waals surface area (Å²) in [5.74, 6) is -0.589. The van der Waals surface area contributed by atoms with Crippen molar-refractivity contribution in [1.82, 2.24) is 9.80 Å². The smallest absolute Gasteiger partial charge is 0.337 e. The van der Waals surface area contributed by atoms with Gasteiger partial charge in [-0.1, -0.05) is 11.6 Å². The topological polar surface area (TPSA) is 88.2 Å². The summed E-state index contributed by atoms with van der Waals surface area (Å²) in [5.41, 5.74) is 0.707. The lowest BCUT2D eigenvalue weighted by Crippen LogP contribution is -2.40. The number of nitrogens with zero attached hydrogens (tertiary/aromatic N) is 2. The van der Waals surface area contributed by atoms with Crippen LogP contribution >= 0.6 is 11.6 Å². The van der Waals surface area contributed by atoms with Crippen molar-refractivity contribution in [3.63, 3.8) is 0 Å². The molecule has 1 aromatic rings. The number of methoxy groups -OCH3 is 2. The van der Waals surface area contributed by atoms with Crippen LogP contribution in [0.5, 0.6) is 0 Å². The fourth-order valence-electron chi connectivity index (χ4n) is 2.64. The first-order chi connectivity index (χ1) is 12.5. The summed E-state index contributed by atoms with van der Waals surface area (Å²) >= 11 is 6.14. The molecule has 1 heterocycles. The van der Waals surface area contributed by atoms with Crippen LogP contribution in [0.15, 0.2) is 18.2 Å². The molecular weight excluding hydrogens is 362 g/mol. The molecular formula is C17H22ClN3O5. The first-order valence-electron chi connectivity index (χ1n) is 8.16. The van der Waals surface area contributed by atoms with Gasteiger partial charge in [-0.05, 0) is 24.6 Å². The van der Waals surface area contributed by atoms with E-state index in [1.54, 1.807) is 15.9 Å². The van der Waals surface area contributed by atoms with Crippen LogP contribution in [0.25, 0.3) is 0 Å². The molecule has 0 unspecified atom stereocenters. The van der Waals surface area contributed by atoms with Crippen molar-refractivity contribution in [3.8, 4) is 0 Å². The van der Waals surface area contributed by atoms with Crippen molar-refractivity contribution in [2.75, 3.05) is 52.3 Å². The van der Waals surface area contributed by atoms with Gasteiger partial charge in [-0.25, -0.2) is 9.59 Å². The minimum atomic E-state index is -0.502. The van der Waals surface area contributed by atoms with Crippen molar-refractivity contribution in [3.05, 3.63) is 28.8 Å². The van der Waals surface area contributed by atoms with E-state index in [4.69, 9.17) is 16.3 Å². The van der Waals surface area contributed by atoms with Crippen LogP contribution in [0.1, 0.15) is 16.8 Å². The largest absolute Gasteiger partial charge is 0.465 e. The lowest BCUT2D eigenvalue weighted by Gasteiger charge is -2.22. The van der Waals surface area contributed by atoms with Gasteiger partial charge < -0.3 is 24.6 Å². The standard InChI is InChI=1S/C17H22ClN3O5/c1-25-11-15(22)20-6-3-7-21(9-8-20)17(24)19-14-5-4-12(10-13(14)18)16(23)26-2/h4-5,10H,3,6-9,11H2,1-2H3,(H,19,24). The highest BCUT2D eigenvalue weighted by molar-refractivity contribution is 6.34. The van der Waals surface area contributed by atoms with Gasteiger partial charge in [0.1, 0.15) is 6.61 Å². The molecule has 1 fully saturated rings. The number of hydrogen-bond donors (Lipinski definition) is 1. The average molecular weight is 384 g/mol. The van der Waals surface area contributed by atoms with E-state index in [0.29, 0.717) is 43.9 Å². The molecule has 0 bridgehead atoms. The minimum absolute atomic E-state index is 0.0361. The summed E-state index contributed by atoms with van der Waals surface area (Å²) in [4.78, 5) is 39.2. The number of halogens is 1. The Kier molecular flexibility index (Phi) is 7.23. The molecule has 1 aliphatic rings. The zero-order valence-electron chi connectivity index (χ0n) is 14.8. The highest BCUT2D eigenvalue weighted by Crippen LogP contribution is 2.24. The van der Waals surface area contributed by atoms with Crippen molar-refractivity contribution < 1.29 is 23.9 Å². The molecule has 0 saturated carbocycles. The number of carbonyl (C=O) groups is 3.